The van der Waals surface area contributed by atoms with Crippen molar-refractivity contribution in [3.05, 3.63) is 29.0 Å². The molecule has 2 N–H and O–H groups in total. The molecule has 0 fully saturated rings. The van der Waals surface area contributed by atoms with Gasteiger partial charge < -0.3 is 10.3 Å². The van der Waals surface area contributed by atoms with Crippen LogP contribution in [0.3, 0.4) is 0 Å². The van der Waals surface area contributed by atoms with E-state index >= 15 is 0 Å². The number of hydrogen-bond acceptors (Lipinski definition) is 4. The van der Waals surface area contributed by atoms with E-state index in [0.717, 1.165) is 12.8 Å². The van der Waals surface area contributed by atoms with Crippen LogP contribution in [0.2, 0.25) is 5.02 Å². The second-order valence-corrected chi connectivity index (χ2v) is 5.06. The number of nitrogens with zero attached hydrogens (tertiary/aromatic N) is 2. The first-order chi connectivity index (χ1) is 8.58. The number of nitrogens with two attached hydrogens (primary N) is 1. The molecule has 5 heteroatoms. The first-order valence-electron chi connectivity index (χ1n) is 5.95. The Morgan fingerprint density at radius 2 is 2.17 bits per heavy atom. The second kappa shape index (κ2) is 5.40. The molecule has 1 aromatic heterocycles. The van der Waals surface area contributed by atoms with Gasteiger partial charge in [0.2, 0.25) is 0 Å². The third-order valence-electron chi connectivity index (χ3n) is 2.67. The van der Waals surface area contributed by atoms with Crippen LogP contribution >= 0.6 is 11.6 Å². The maximum atomic E-state index is 6.09. The molecular formula is C13H16ClN3O. The fraction of sp³-hybridized carbons (Fsp3) is 0.385. The van der Waals surface area contributed by atoms with Crippen LogP contribution in [0, 0.1) is 5.92 Å². The van der Waals surface area contributed by atoms with Crippen molar-refractivity contribution in [1.82, 2.24) is 10.1 Å². The van der Waals surface area contributed by atoms with Crippen molar-refractivity contribution in [2.24, 2.45) is 5.92 Å². The quantitative estimate of drug-likeness (QED) is 0.859. The van der Waals surface area contributed by atoms with Crippen LogP contribution in [-0.4, -0.2) is 10.1 Å². The van der Waals surface area contributed by atoms with Crippen molar-refractivity contribution in [3.8, 4) is 11.5 Å². The lowest BCUT2D eigenvalue weighted by Gasteiger charge is -2.02. The molecule has 0 amide bonds. The average molecular weight is 266 g/mol. The van der Waals surface area contributed by atoms with Crippen LogP contribution in [0.15, 0.2) is 22.7 Å². The van der Waals surface area contributed by atoms with Gasteiger partial charge >= 0.3 is 0 Å². The molecule has 2 rings (SSSR count). The van der Waals surface area contributed by atoms with Crippen LogP contribution in [-0.2, 0) is 6.42 Å². The predicted molar refractivity (Wildman–Crippen MR) is 72.3 cm³/mol. The molecule has 0 atom stereocenters. The molecule has 0 spiro atoms. The highest BCUT2D eigenvalue weighted by atomic mass is 35.5. The molecule has 2 aromatic rings. The first-order valence-corrected chi connectivity index (χ1v) is 6.32. The van der Waals surface area contributed by atoms with Gasteiger partial charge in [-0.1, -0.05) is 36.7 Å². The normalized spacial score (nSPS) is 11.1. The Morgan fingerprint density at radius 3 is 2.83 bits per heavy atom. The third kappa shape index (κ3) is 2.82. The zero-order chi connectivity index (χ0) is 13.1. The fourth-order valence-corrected chi connectivity index (χ4v) is 1.90. The molecule has 18 heavy (non-hydrogen) atoms. The van der Waals surface area contributed by atoms with Gasteiger partial charge in [-0.2, -0.15) is 4.98 Å². The van der Waals surface area contributed by atoms with Crippen LogP contribution in [0.25, 0.3) is 11.5 Å². The minimum absolute atomic E-state index is 0.386. The second-order valence-electron chi connectivity index (χ2n) is 4.65. The van der Waals surface area contributed by atoms with Gasteiger partial charge in [-0.3, -0.25) is 0 Å². The summed E-state index contributed by atoms with van der Waals surface area (Å²) in [5.41, 5.74) is 7.03. The van der Waals surface area contributed by atoms with Crippen molar-refractivity contribution in [2.75, 3.05) is 5.73 Å². The number of benzene rings is 1. The topological polar surface area (TPSA) is 64.9 Å². The smallest absolute Gasteiger partial charge is 0.261 e. The molecule has 0 saturated carbocycles. The summed E-state index contributed by atoms with van der Waals surface area (Å²) in [7, 11) is 0. The van der Waals surface area contributed by atoms with Crippen LogP contribution in [0.4, 0.5) is 5.69 Å². The predicted octanol–water partition coefficient (Wildman–Crippen LogP) is 3.56. The van der Waals surface area contributed by atoms with E-state index in [9.17, 15) is 0 Å². The van der Waals surface area contributed by atoms with Crippen molar-refractivity contribution in [3.63, 3.8) is 0 Å². The highest BCUT2D eigenvalue weighted by molar-refractivity contribution is 6.33. The first kappa shape index (κ1) is 12.9. The average Bonchev–Trinajstić information content (AvgIpc) is 2.75. The van der Waals surface area contributed by atoms with Gasteiger partial charge in [0.15, 0.2) is 5.82 Å². The van der Waals surface area contributed by atoms with E-state index in [0.29, 0.717) is 33.9 Å². The molecule has 0 aliphatic heterocycles. The Balaban J connectivity index is 2.24. The molecular weight excluding hydrogens is 250 g/mol. The van der Waals surface area contributed by atoms with Gasteiger partial charge in [0, 0.05) is 12.1 Å². The molecule has 1 heterocycles. The zero-order valence-electron chi connectivity index (χ0n) is 10.5. The lowest BCUT2D eigenvalue weighted by atomic mass is 10.1. The summed E-state index contributed by atoms with van der Waals surface area (Å²) < 4.78 is 5.22. The molecule has 0 saturated heterocycles. The van der Waals surface area contributed by atoms with E-state index in [4.69, 9.17) is 21.9 Å². The number of aromatic nitrogens is 2. The minimum Gasteiger partial charge on any atom is -0.398 e. The van der Waals surface area contributed by atoms with Crippen molar-refractivity contribution >= 4 is 17.3 Å². The standard InChI is InChI=1S/C13H16ClN3O/c1-8(2)6-7-11-16-13(18-17-11)12-9(14)4-3-5-10(12)15/h3-5,8H,6-7,15H2,1-2H3. The molecule has 0 radical (unpaired) electrons. The Hall–Kier alpha value is -1.55. The van der Waals surface area contributed by atoms with Gasteiger partial charge in [0.05, 0.1) is 10.6 Å². The Kier molecular flexibility index (Phi) is 3.87. The number of rotatable bonds is 4. The highest BCUT2D eigenvalue weighted by Gasteiger charge is 2.15. The summed E-state index contributed by atoms with van der Waals surface area (Å²) in [5.74, 6) is 1.69. The number of aryl methyl sites for hydroxylation is 1. The number of halogens is 1. The van der Waals surface area contributed by atoms with Crippen LogP contribution in [0.1, 0.15) is 26.1 Å². The Morgan fingerprint density at radius 1 is 1.39 bits per heavy atom. The van der Waals surface area contributed by atoms with E-state index in [1.807, 2.05) is 0 Å². The van der Waals surface area contributed by atoms with Gasteiger partial charge in [-0.05, 0) is 24.5 Å². The van der Waals surface area contributed by atoms with E-state index < -0.39 is 0 Å². The monoisotopic (exact) mass is 265 g/mol. The fourth-order valence-electron chi connectivity index (χ4n) is 1.64. The van der Waals surface area contributed by atoms with Crippen LogP contribution in [0.5, 0.6) is 0 Å². The largest absolute Gasteiger partial charge is 0.398 e. The maximum absolute atomic E-state index is 6.09. The Labute approximate surface area is 111 Å². The van der Waals surface area contributed by atoms with E-state index in [1.54, 1.807) is 18.2 Å². The van der Waals surface area contributed by atoms with E-state index in [1.165, 1.54) is 0 Å². The molecule has 96 valence electrons. The van der Waals surface area contributed by atoms with Gasteiger partial charge in [0.25, 0.3) is 5.89 Å². The summed E-state index contributed by atoms with van der Waals surface area (Å²) in [4.78, 5) is 4.33. The zero-order valence-corrected chi connectivity index (χ0v) is 11.2. The number of nitrogen functional groups attached to an aromatic ring is 1. The lowest BCUT2D eigenvalue weighted by molar-refractivity contribution is 0.419. The SMILES string of the molecule is CC(C)CCc1noc(-c2c(N)cccc2Cl)n1. The van der Waals surface area contributed by atoms with Gasteiger partial charge in [0.1, 0.15) is 0 Å². The third-order valence-corrected chi connectivity index (χ3v) is 2.99. The van der Waals surface area contributed by atoms with Gasteiger partial charge in [-0.15, -0.1) is 0 Å². The maximum Gasteiger partial charge on any atom is 0.261 e. The summed E-state index contributed by atoms with van der Waals surface area (Å²) >= 11 is 6.09. The summed E-state index contributed by atoms with van der Waals surface area (Å²) in [5, 5.41) is 4.47. The molecule has 1 aromatic carbocycles. The molecule has 4 nitrogen and oxygen atoms in total. The highest BCUT2D eigenvalue weighted by Crippen LogP contribution is 2.31. The molecule has 0 aliphatic rings. The van der Waals surface area contributed by atoms with Crippen molar-refractivity contribution in [1.29, 1.82) is 0 Å². The molecule has 0 aliphatic carbocycles. The molecule has 0 bridgehead atoms. The minimum atomic E-state index is 0.386. The van der Waals surface area contributed by atoms with E-state index in [-0.39, 0.29) is 0 Å². The number of anilines is 1. The number of hydrogen-bond donors (Lipinski definition) is 1. The Bertz CT molecular complexity index is 517. The van der Waals surface area contributed by atoms with Crippen molar-refractivity contribution < 1.29 is 4.52 Å². The lowest BCUT2D eigenvalue weighted by Crippen LogP contribution is -1.94. The van der Waals surface area contributed by atoms with E-state index in [2.05, 4.69) is 24.0 Å². The summed E-state index contributed by atoms with van der Waals surface area (Å²) in [6, 6.07) is 5.31. The van der Waals surface area contributed by atoms with Crippen LogP contribution < -0.4 is 5.73 Å². The summed E-state index contributed by atoms with van der Waals surface area (Å²) in [6.07, 6.45) is 1.82. The van der Waals surface area contributed by atoms with Gasteiger partial charge in [-0.25, -0.2) is 0 Å². The molecule has 0 unspecified atom stereocenters. The van der Waals surface area contributed by atoms with Crippen molar-refractivity contribution in [2.45, 2.75) is 26.7 Å². The summed E-state index contributed by atoms with van der Waals surface area (Å²) in [6.45, 7) is 4.32.